The Morgan fingerprint density at radius 2 is 1.79 bits per heavy atom. The minimum absolute atomic E-state index is 0.515. The number of nitrogens with zero attached hydrogens (tertiary/aromatic N) is 2. The molecule has 1 aliphatic carbocycles. The van der Waals surface area contributed by atoms with Gasteiger partial charge in [-0.25, -0.2) is 0 Å². The minimum atomic E-state index is 0.515. The molecule has 0 radical (unpaired) electrons. The summed E-state index contributed by atoms with van der Waals surface area (Å²) >= 11 is 4.67. The van der Waals surface area contributed by atoms with E-state index in [2.05, 4.69) is 36.5 Å². The third-order valence-corrected chi connectivity index (χ3v) is 5.93. The molecule has 2 fully saturated rings. The highest BCUT2D eigenvalue weighted by molar-refractivity contribution is 7.80. The van der Waals surface area contributed by atoms with E-state index in [1.807, 2.05) is 0 Å². The number of likely N-dealkylation sites (tertiary alicyclic amines) is 1. The van der Waals surface area contributed by atoms with Gasteiger partial charge in [0.1, 0.15) is 0 Å². The second-order valence-corrected chi connectivity index (χ2v) is 7.48. The normalized spacial score (nSPS) is 25.9. The lowest BCUT2D eigenvalue weighted by Crippen LogP contribution is -2.42. The molecule has 0 spiro atoms. The highest BCUT2D eigenvalue weighted by Gasteiger charge is 2.32. The third kappa shape index (κ3) is 4.64. The van der Waals surface area contributed by atoms with Crippen molar-refractivity contribution in [2.24, 2.45) is 11.3 Å². The first kappa shape index (κ1) is 15.7. The lowest BCUT2D eigenvalue weighted by Gasteiger charge is -2.40. The van der Waals surface area contributed by atoms with Crippen molar-refractivity contribution in [3.63, 3.8) is 0 Å². The summed E-state index contributed by atoms with van der Waals surface area (Å²) in [6, 6.07) is 0. The highest BCUT2D eigenvalue weighted by Crippen LogP contribution is 2.38. The smallest absolute Gasteiger partial charge is 0.00429 e. The maximum absolute atomic E-state index is 4.67. The molecule has 0 amide bonds. The van der Waals surface area contributed by atoms with Crippen molar-refractivity contribution in [2.75, 3.05) is 46.0 Å². The van der Waals surface area contributed by atoms with Gasteiger partial charge in [-0.05, 0) is 70.0 Å². The lowest BCUT2D eigenvalue weighted by atomic mass is 9.75. The molecule has 2 aliphatic rings. The predicted molar refractivity (Wildman–Crippen MR) is 87.1 cm³/mol. The van der Waals surface area contributed by atoms with Crippen molar-refractivity contribution in [1.82, 2.24) is 9.80 Å². The molecule has 1 aliphatic heterocycles. The van der Waals surface area contributed by atoms with Crippen LogP contribution in [0.4, 0.5) is 0 Å². The molecule has 19 heavy (non-hydrogen) atoms. The van der Waals surface area contributed by atoms with Crippen molar-refractivity contribution in [3.8, 4) is 0 Å². The van der Waals surface area contributed by atoms with Gasteiger partial charge in [-0.15, -0.1) is 0 Å². The molecule has 2 nitrogen and oxygen atoms in total. The van der Waals surface area contributed by atoms with Crippen LogP contribution in [0.1, 0.15) is 44.9 Å². The van der Waals surface area contributed by atoms with E-state index in [0.717, 1.165) is 11.7 Å². The van der Waals surface area contributed by atoms with E-state index < -0.39 is 0 Å². The summed E-state index contributed by atoms with van der Waals surface area (Å²) in [4.78, 5) is 5.07. The first-order valence-corrected chi connectivity index (χ1v) is 8.75. The van der Waals surface area contributed by atoms with Crippen molar-refractivity contribution < 1.29 is 0 Å². The zero-order valence-electron chi connectivity index (χ0n) is 12.9. The molecule has 0 aromatic carbocycles. The lowest BCUT2D eigenvalue weighted by molar-refractivity contribution is 0.114. The van der Waals surface area contributed by atoms with Crippen LogP contribution in [0.5, 0.6) is 0 Å². The van der Waals surface area contributed by atoms with Crippen LogP contribution in [0, 0.1) is 11.3 Å². The summed E-state index contributed by atoms with van der Waals surface area (Å²) in [5.74, 6) is 1.99. The Kier molecular flexibility index (Phi) is 6.04. The van der Waals surface area contributed by atoms with Gasteiger partial charge in [0.15, 0.2) is 0 Å². The molecule has 0 bridgehead atoms. The molecule has 1 saturated heterocycles. The van der Waals surface area contributed by atoms with Gasteiger partial charge >= 0.3 is 0 Å². The first-order chi connectivity index (χ1) is 9.13. The van der Waals surface area contributed by atoms with Gasteiger partial charge in [-0.1, -0.05) is 19.3 Å². The molecule has 2 rings (SSSR count). The van der Waals surface area contributed by atoms with E-state index in [-0.39, 0.29) is 0 Å². The third-order valence-electron chi connectivity index (χ3n) is 5.26. The van der Waals surface area contributed by atoms with E-state index in [1.165, 1.54) is 71.1 Å². The van der Waals surface area contributed by atoms with Gasteiger partial charge in [0.2, 0.25) is 0 Å². The van der Waals surface area contributed by atoms with Gasteiger partial charge in [-0.3, -0.25) is 0 Å². The number of thiol groups is 1. The number of hydrogen-bond acceptors (Lipinski definition) is 3. The Bertz CT molecular complexity index is 255. The summed E-state index contributed by atoms with van der Waals surface area (Å²) in [5.41, 5.74) is 0.515. The Morgan fingerprint density at radius 1 is 1.16 bits per heavy atom. The Hall–Kier alpha value is 0.270. The topological polar surface area (TPSA) is 6.48 Å². The monoisotopic (exact) mass is 284 g/mol. The van der Waals surface area contributed by atoms with E-state index >= 15 is 0 Å². The fraction of sp³-hybridized carbons (Fsp3) is 1.00. The highest BCUT2D eigenvalue weighted by atomic mass is 32.1. The molecule has 1 heterocycles. The van der Waals surface area contributed by atoms with Crippen LogP contribution in [0.25, 0.3) is 0 Å². The largest absolute Gasteiger partial charge is 0.306 e. The Balaban J connectivity index is 1.77. The molecule has 0 aromatic rings. The fourth-order valence-corrected chi connectivity index (χ4v) is 4.41. The SMILES string of the molecule is CN1CCC(CN(C)CC2(CS)CCCCC2)CC1. The van der Waals surface area contributed by atoms with Crippen LogP contribution in [0.2, 0.25) is 0 Å². The second-order valence-electron chi connectivity index (χ2n) is 7.16. The van der Waals surface area contributed by atoms with Crippen LogP contribution in [0.15, 0.2) is 0 Å². The minimum Gasteiger partial charge on any atom is -0.306 e. The zero-order chi connectivity index (χ0) is 13.7. The van der Waals surface area contributed by atoms with E-state index in [0.29, 0.717) is 5.41 Å². The van der Waals surface area contributed by atoms with Crippen molar-refractivity contribution in [1.29, 1.82) is 0 Å². The molecule has 0 unspecified atom stereocenters. The molecule has 112 valence electrons. The van der Waals surface area contributed by atoms with Crippen LogP contribution in [-0.2, 0) is 0 Å². The van der Waals surface area contributed by atoms with Gasteiger partial charge in [0.25, 0.3) is 0 Å². The van der Waals surface area contributed by atoms with Crippen molar-refractivity contribution >= 4 is 12.6 Å². The summed E-state index contributed by atoms with van der Waals surface area (Å²) in [7, 11) is 4.58. The summed E-state index contributed by atoms with van der Waals surface area (Å²) < 4.78 is 0. The van der Waals surface area contributed by atoms with Crippen LogP contribution in [-0.4, -0.2) is 55.8 Å². The van der Waals surface area contributed by atoms with Gasteiger partial charge < -0.3 is 9.80 Å². The van der Waals surface area contributed by atoms with Crippen LogP contribution < -0.4 is 0 Å². The number of piperidine rings is 1. The van der Waals surface area contributed by atoms with E-state index in [9.17, 15) is 0 Å². The molecule has 1 saturated carbocycles. The average molecular weight is 285 g/mol. The standard InChI is InChI=1S/C16H32N2S/c1-17-10-6-15(7-11-17)12-18(2)13-16(14-19)8-4-3-5-9-16/h15,19H,3-14H2,1-2H3. The summed E-state index contributed by atoms with van der Waals surface area (Å²) in [6.45, 7) is 5.14. The molecule has 0 atom stereocenters. The molecule has 0 aromatic heterocycles. The molecular weight excluding hydrogens is 252 g/mol. The van der Waals surface area contributed by atoms with Crippen molar-refractivity contribution in [3.05, 3.63) is 0 Å². The maximum Gasteiger partial charge on any atom is 0.00429 e. The molecular formula is C16H32N2S. The Morgan fingerprint density at radius 3 is 2.37 bits per heavy atom. The number of hydrogen-bond donors (Lipinski definition) is 1. The van der Waals surface area contributed by atoms with Gasteiger partial charge in [0, 0.05) is 13.1 Å². The zero-order valence-corrected chi connectivity index (χ0v) is 13.8. The van der Waals surface area contributed by atoms with Gasteiger partial charge in [-0.2, -0.15) is 12.6 Å². The van der Waals surface area contributed by atoms with Crippen LogP contribution in [0.3, 0.4) is 0 Å². The summed E-state index contributed by atoms with van der Waals surface area (Å²) in [6.07, 6.45) is 9.84. The predicted octanol–water partition coefficient (Wildman–Crippen LogP) is 3.14. The fourth-order valence-electron chi connectivity index (χ4n) is 3.99. The van der Waals surface area contributed by atoms with Crippen LogP contribution >= 0.6 is 12.6 Å². The summed E-state index contributed by atoms with van der Waals surface area (Å²) in [5, 5.41) is 0. The number of rotatable bonds is 5. The van der Waals surface area contributed by atoms with E-state index in [4.69, 9.17) is 0 Å². The molecule has 3 heteroatoms. The maximum atomic E-state index is 4.67. The van der Waals surface area contributed by atoms with E-state index in [1.54, 1.807) is 0 Å². The van der Waals surface area contributed by atoms with Gasteiger partial charge in [0.05, 0.1) is 0 Å². The Labute approximate surface area is 125 Å². The molecule has 0 N–H and O–H groups in total. The first-order valence-electron chi connectivity index (χ1n) is 8.11. The second kappa shape index (κ2) is 7.33. The van der Waals surface area contributed by atoms with Crippen molar-refractivity contribution in [2.45, 2.75) is 44.9 Å². The quantitative estimate of drug-likeness (QED) is 0.775. The average Bonchev–Trinajstić information content (AvgIpc) is 2.42.